The third-order valence-corrected chi connectivity index (χ3v) is 0.871. The van der Waals surface area contributed by atoms with Crippen molar-refractivity contribution in [3.63, 3.8) is 0 Å². The van der Waals surface area contributed by atoms with Crippen LogP contribution in [0.2, 0.25) is 0 Å². The summed E-state index contributed by atoms with van der Waals surface area (Å²) in [6.45, 7) is 5.36. The average molecular weight is 189 g/mol. The highest BCUT2D eigenvalue weighted by molar-refractivity contribution is 9.11. The normalized spacial score (nSPS) is 12.4. The Balaban J connectivity index is 4.00. The molecule has 0 atom stereocenters. The molecule has 0 fully saturated rings. The molecular weight excluding hydrogens is 180 g/mol. The van der Waals surface area contributed by atoms with E-state index in [2.05, 4.69) is 22.5 Å². The van der Waals surface area contributed by atoms with Crippen LogP contribution in [0, 0.1) is 0 Å². The van der Waals surface area contributed by atoms with E-state index in [-0.39, 0.29) is 5.76 Å². The van der Waals surface area contributed by atoms with Crippen molar-refractivity contribution in [3.05, 3.63) is 35.0 Å². The Morgan fingerprint density at radius 1 is 1.67 bits per heavy atom. The number of rotatable bonds is 2. The highest BCUT2D eigenvalue weighted by atomic mass is 79.9. The van der Waals surface area contributed by atoms with Gasteiger partial charge in [0.15, 0.2) is 0 Å². The van der Waals surface area contributed by atoms with Crippen LogP contribution in [0.15, 0.2) is 35.0 Å². The smallest absolute Gasteiger partial charge is 0.116 e. The Morgan fingerprint density at radius 2 is 2.22 bits per heavy atom. The number of allylic oxidation sites excluding steroid dienone is 4. The van der Waals surface area contributed by atoms with Crippen molar-refractivity contribution in [2.45, 2.75) is 6.92 Å². The Morgan fingerprint density at radius 3 is 2.56 bits per heavy atom. The second kappa shape index (κ2) is 4.39. The Kier molecular flexibility index (Phi) is 4.14. The number of aliphatic hydroxyl groups excluding tert-OH is 1. The zero-order chi connectivity index (χ0) is 7.28. The van der Waals surface area contributed by atoms with E-state index in [0.717, 1.165) is 0 Å². The van der Waals surface area contributed by atoms with Gasteiger partial charge in [0.2, 0.25) is 0 Å². The maximum atomic E-state index is 8.90. The van der Waals surface area contributed by atoms with Crippen molar-refractivity contribution in [2.75, 3.05) is 0 Å². The fourth-order valence-electron chi connectivity index (χ4n) is 0.379. The quantitative estimate of drug-likeness (QED) is 0.523. The van der Waals surface area contributed by atoms with Gasteiger partial charge in [-0.3, -0.25) is 0 Å². The maximum Gasteiger partial charge on any atom is 0.116 e. The third-order valence-electron chi connectivity index (χ3n) is 0.642. The summed E-state index contributed by atoms with van der Waals surface area (Å²) in [6, 6.07) is 0. The summed E-state index contributed by atoms with van der Waals surface area (Å²) < 4.78 is 0.665. The van der Waals surface area contributed by atoms with Crippen LogP contribution in [-0.2, 0) is 0 Å². The average Bonchev–Trinajstić information content (AvgIpc) is 1.63. The largest absolute Gasteiger partial charge is 0.508 e. The summed E-state index contributed by atoms with van der Waals surface area (Å²) in [7, 11) is 0. The van der Waals surface area contributed by atoms with Gasteiger partial charge >= 0.3 is 0 Å². The molecule has 0 spiro atoms. The van der Waals surface area contributed by atoms with E-state index < -0.39 is 0 Å². The highest BCUT2D eigenvalue weighted by Gasteiger charge is 1.82. The summed E-state index contributed by atoms with van der Waals surface area (Å²) >= 11 is 3.08. The van der Waals surface area contributed by atoms with Crippen LogP contribution in [0.5, 0.6) is 0 Å². The summed E-state index contributed by atoms with van der Waals surface area (Å²) in [5.74, 6) is 0.208. The second-order valence-corrected chi connectivity index (χ2v) is 2.53. The van der Waals surface area contributed by atoms with Crippen LogP contribution in [0.4, 0.5) is 0 Å². The monoisotopic (exact) mass is 188 g/mol. The molecule has 0 unspecified atom stereocenters. The molecule has 0 heterocycles. The van der Waals surface area contributed by atoms with Crippen LogP contribution < -0.4 is 0 Å². The first-order valence-electron chi connectivity index (χ1n) is 2.54. The lowest BCUT2D eigenvalue weighted by Crippen LogP contribution is -1.71. The van der Waals surface area contributed by atoms with Crippen molar-refractivity contribution in [2.24, 2.45) is 0 Å². The first kappa shape index (κ1) is 8.50. The van der Waals surface area contributed by atoms with E-state index in [0.29, 0.717) is 4.48 Å². The number of hydrogen-bond acceptors (Lipinski definition) is 1. The minimum Gasteiger partial charge on any atom is -0.508 e. The predicted octanol–water partition coefficient (Wildman–Crippen LogP) is 2.91. The molecule has 0 aromatic rings. The first-order valence-corrected chi connectivity index (χ1v) is 3.34. The topological polar surface area (TPSA) is 20.2 Å². The lowest BCUT2D eigenvalue weighted by molar-refractivity contribution is 0.432. The standard InChI is InChI=1S/C7H9BrO/c1-3-4-7(9)5-6(2)8/h3-5,9H,2H2,1H3/b4-3-,7-5+. The summed E-state index contributed by atoms with van der Waals surface area (Å²) in [5.41, 5.74) is 0. The van der Waals surface area contributed by atoms with E-state index in [9.17, 15) is 0 Å². The van der Waals surface area contributed by atoms with Gasteiger partial charge in [-0.05, 0) is 19.1 Å². The molecule has 0 aliphatic carbocycles. The van der Waals surface area contributed by atoms with Crippen LogP contribution in [-0.4, -0.2) is 5.11 Å². The van der Waals surface area contributed by atoms with Gasteiger partial charge in [-0.25, -0.2) is 0 Å². The van der Waals surface area contributed by atoms with Gasteiger partial charge < -0.3 is 5.11 Å². The summed E-state index contributed by atoms with van der Waals surface area (Å²) in [4.78, 5) is 0. The lowest BCUT2D eigenvalue weighted by atomic mass is 10.4. The molecule has 0 aliphatic rings. The fourth-order valence-corrected chi connectivity index (χ4v) is 0.614. The molecular formula is C7H9BrO. The SMILES string of the molecule is C=C(Br)/C=C(O)\C=C/C. The van der Waals surface area contributed by atoms with Gasteiger partial charge in [0, 0.05) is 4.48 Å². The molecule has 1 N–H and O–H groups in total. The van der Waals surface area contributed by atoms with Crippen LogP contribution in [0.25, 0.3) is 0 Å². The molecule has 0 saturated carbocycles. The molecule has 0 amide bonds. The predicted molar refractivity (Wildman–Crippen MR) is 43.6 cm³/mol. The Bertz CT molecular complexity index is 156. The first-order chi connectivity index (χ1) is 4.16. The zero-order valence-electron chi connectivity index (χ0n) is 5.26. The van der Waals surface area contributed by atoms with Crippen molar-refractivity contribution in [1.82, 2.24) is 0 Å². The van der Waals surface area contributed by atoms with Gasteiger partial charge in [0.25, 0.3) is 0 Å². The van der Waals surface area contributed by atoms with Crippen LogP contribution in [0.1, 0.15) is 6.92 Å². The summed E-state index contributed by atoms with van der Waals surface area (Å²) in [6.07, 6.45) is 4.87. The molecule has 0 saturated heterocycles. The van der Waals surface area contributed by atoms with E-state index >= 15 is 0 Å². The minimum absolute atomic E-state index is 0.208. The van der Waals surface area contributed by atoms with E-state index in [1.165, 1.54) is 6.08 Å². The molecule has 1 nitrogen and oxygen atoms in total. The number of aliphatic hydroxyl groups is 1. The molecule has 50 valence electrons. The molecule has 9 heavy (non-hydrogen) atoms. The van der Waals surface area contributed by atoms with E-state index in [1.54, 1.807) is 12.2 Å². The van der Waals surface area contributed by atoms with Crippen molar-refractivity contribution in [1.29, 1.82) is 0 Å². The molecule has 2 heteroatoms. The van der Waals surface area contributed by atoms with Crippen LogP contribution in [0.3, 0.4) is 0 Å². The Hall–Kier alpha value is -0.500. The van der Waals surface area contributed by atoms with Crippen molar-refractivity contribution >= 4 is 15.9 Å². The Labute approximate surface area is 63.5 Å². The molecule has 0 rings (SSSR count). The van der Waals surface area contributed by atoms with Gasteiger partial charge in [0.1, 0.15) is 5.76 Å². The zero-order valence-corrected chi connectivity index (χ0v) is 6.85. The molecule has 0 aromatic heterocycles. The fraction of sp³-hybridized carbons (Fsp3) is 0.143. The van der Waals surface area contributed by atoms with Gasteiger partial charge in [-0.1, -0.05) is 28.6 Å². The van der Waals surface area contributed by atoms with Gasteiger partial charge in [-0.2, -0.15) is 0 Å². The lowest BCUT2D eigenvalue weighted by Gasteiger charge is -1.87. The van der Waals surface area contributed by atoms with E-state index in [1.807, 2.05) is 6.92 Å². The molecule has 0 aromatic carbocycles. The molecule has 0 radical (unpaired) electrons. The van der Waals surface area contributed by atoms with Gasteiger partial charge in [0.05, 0.1) is 0 Å². The summed E-state index contributed by atoms with van der Waals surface area (Å²) in [5, 5.41) is 8.90. The third kappa shape index (κ3) is 5.37. The highest BCUT2D eigenvalue weighted by Crippen LogP contribution is 2.05. The van der Waals surface area contributed by atoms with Crippen molar-refractivity contribution < 1.29 is 5.11 Å². The van der Waals surface area contributed by atoms with Gasteiger partial charge in [-0.15, -0.1) is 0 Å². The number of halogens is 1. The number of hydrogen-bond donors (Lipinski definition) is 1. The second-order valence-electron chi connectivity index (χ2n) is 1.52. The van der Waals surface area contributed by atoms with Crippen LogP contribution >= 0.6 is 15.9 Å². The maximum absolute atomic E-state index is 8.90. The minimum atomic E-state index is 0.208. The molecule has 0 bridgehead atoms. The van der Waals surface area contributed by atoms with Crippen molar-refractivity contribution in [3.8, 4) is 0 Å². The molecule has 0 aliphatic heterocycles. The van der Waals surface area contributed by atoms with E-state index in [4.69, 9.17) is 5.11 Å².